The normalized spacial score (nSPS) is 10.9. The molecule has 124 valence electrons. The molecule has 0 bridgehead atoms. The van der Waals surface area contributed by atoms with Gasteiger partial charge >= 0.3 is 0 Å². The lowest BCUT2D eigenvalue weighted by atomic mass is 10.1. The molecule has 0 amide bonds. The van der Waals surface area contributed by atoms with Crippen molar-refractivity contribution < 1.29 is 8.78 Å². The molecule has 0 unspecified atom stereocenters. The van der Waals surface area contributed by atoms with Crippen molar-refractivity contribution in [1.82, 2.24) is 10.6 Å². The topological polar surface area (TPSA) is 36.4 Å². The fourth-order valence-electron chi connectivity index (χ4n) is 1.97. The first-order valence-electron chi connectivity index (χ1n) is 7.03. The Hall–Kier alpha value is -1.70. The van der Waals surface area contributed by atoms with Crippen LogP contribution < -0.4 is 10.6 Å². The number of rotatable bonds is 4. The number of guanidine groups is 1. The molecule has 6 heteroatoms. The standard InChI is InChI=1S/C17H19F2N3.HI/c1-12-7-8-13(9-16(12)19)10-21-17(20-2)22-11-14-5-3-4-6-15(14)18;/h3-9H,10-11H2,1-2H3,(H2,20,21,22);1H. The highest BCUT2D eigenvalue weighted by atomic mass is 127. The maximum Gasteiger partial charge on any atom is 0.191 e. The molecule has 3 nitrogen and oxygen atoms in total. The molecule has 0 aliphatic heterocycles. The monoisotopic (exact) mass is 431 g/mol. The van der Waals surface area contributed by atoms with E-state index in [4.69, 9.17) is 0 Å². The average molecular weight is 431 g/mol. The molecule has 0 spiro atoms. The SMILES string of the molecule is CN=C(NCc1ccc(C)c(F)c1)NCc1ccccc1F.I. The molecule has 0 radical (unpaired) electrons. The highest BCUT2D eigenvalue weighted by molar-refractivity contribution is 14.0. The average Bonchev–Trinajstić information content (AvgIpc) is 2.52. The molecule has 0 saturated heterocycles. The maximum atomic E-state index is 13.5. The molecule has 0 aliphatic carbocycles. The number of aliphatic imine (C=N–C) groups is 1. The van der Waals surface area contributed by atoms with Crippen LogP contribution in [-0.2, 0) is 13.1 Å². The highest BCUT2D eigenvalue weighted by Crippen LogP contribution is 2.09. The van der Waals surface area contributed by atoms with Crippen molar-refractivity contribution in [2.45, 2.75) is 20.0 Å². The van der Waals surface area contributed by atoms with Gasteiger partial charge in [0.15, 0.2) is 5.96 Å². The third-order valence-electron chi connectivity index (χ3n) is 3.32. The first-order chi connectivity index (χ1) is 10.6. The van der Waals surface area contributed by atoms with Gasteiger partial charge in [0.1, 0.15) is 11.6 Å². The quantitative estimate of drug-likeness (QED) is 0.440. The van der Waals surface area contributed by atoms with Gasteiger partial charge in [0.25, 0.3) is 0 Å². The minimum Gasteiger partial charge on any atom is -0.352 e. The molecule has 23 heavy (non-hydrogen) atoms. The van der Waals surface area contributed by atoms with Crippen LogP contribution in [0.3, 0.4) is 0 Å². The van der Waals surface area contributed by atoms with Crippen molar-refractivity contribution in [2.75, 3.05) is 7.05 Å². The summed E-state index contributed by atoms with van der Waals surface area (Å²) in [7, 11) is 1.63. The van der Waals surface area contributed by atoms with Gasteiger partial charge in [0.05, 0.1) is 0 Å². The van der Waals surface area contributed by atoms with Gasteiger partial charge in [-0.25, -0.2) is 8.78 Å². The number of hydrogen-bond acceptors (Lipinski definition) is 1. The van der Waals surface area contributed by atoms with Gasteiger partial charge in [-0.15, -0.1) is 24.0 Å². The lowest BCUT2D eigenvalue weighted by Crippen LogP contribution is -2.36. The largest absolute Gasteiger partial charge is 0.352 e. The number of hydrogen-bond donors (Lipinski definition) is 2. The third kappa shape index (κ3) is 5.78. The van der Waals surface area contributed by atoms with E-state index in [1.807, 2.05) is 6.07 Å². The van der Waals surface area contributed by atoms with Crippen molar-refractivity contribution >= 4 is 29.9 Å². The summed E-state index contributed by atoms with van der Waals surface area (Å²) in [6, 6.07) is 11.7. The lowest BCUT2D eigenvalue weighted by Gasteiger charge is -2.12. The Balaban J connectivity index is 0.00000264. The van der Waals surface area contributed by atoms with Crippen LogP contribution in [-0.4, -0.2) is 13.0 Å². The summed E-state index contributed by atoms with van der Waals surface area (Å²) in [4.78, 5) is 4.07. The van der Waals surface area contributed by atoms with Crippen molar-refractivity contribution in [1.29, 1.82) is 0 Å². The van der Waals surface area contributed by atoms with Crippen LogP contribution in [0.1, 0.15) is 16.7 Å². The molecule has 0 aliphatic rings. The van der Waals surface area contributed by atoms with E-state index in [1.165, 1.54) is 12.1 Å². The molecule has 0 aromatic heterocycles. The summed E-state index contributed by atoms with van der Waals surface area (Å²) in [6.45, 7) is 2.49. The van der Waals surface area contributed by atoms with E-state index < -0.39 is 0 Å². The van der Waals surface area contributed by atoms with E-state index in [9.17, 15) is 8.78 Å². The van der Waals surface area contributed by atoms with Crippen LogP contribution in [0.2, 0.25) is 0 Å². The number of aryl methyl sites for hydroxylation is 1. The molecule has 2 N–H and O–H groups in total. The first-order valence-corrected chi connectivity index (χ1v) is 7.03. The van der Waals surface area contributed by atoms with Crippen molar-refractivity contribution in [3.8, 4) is 0 Å². The molecule has 0 saturated carbocycles. The Morgan fingerprint density at radius 2 is 1.70 bits per heavy atom. The van der Waals surface area contributed by atoms with Crippen LogP contribution in [0.4, 0.5) is 8.78 Å². The van der Waals surface area contributed by atoms with E-state index in [2.05, 4.69) is 15.6 Å². The van der Waals surface area contributed by atoms with E-state index >= 15 is 0 Å². The third-order valence-corrected chi connectivity index (χ3v) is 3.32. The summed E-state index contributed by atoms with van der Waals surface area (Å²) in [5, 5.41) is 6.10. The lowest BCUT2D eigenvalue weighted by molar-refractivity contribution is 0.604. The molecule has 0 fully saturated rings. The van der Waals surface area contributed by atoms with Gasteiger partial charge in [-0.05, 0) is 30.2 Å². The molecule has 0 atom stereocenters. The minimum absolute atomic E-state index is 0. The van der Waals surface area contributed by atoms with Crippen LogP contribution >= 0.6 is 24.0 Å². The van der Waals surface area contributed by atoms with E-state index in [0.29, 0.717) is 30.2 Å². The zero-order valence-electron chi connectivity index (χ0n) is 13.1. The molecule has 2 rings (SSSR count). The number of nitrogens with zero attached hydrogens (tertiary/aromatic N) is 1. The number of benzene rings is 2. The smallest absolute Gasteiger partial charge is 0.191 e. The van der Waals surface area contributed by atoms with Crippen LogP contribution in [0, 0.1) is 18.6 Å². The molecule has 2 aromatic rings. The Kier molecular flexibility index (Phi) is 7.94. The fraction of sp³-hybridized carbons (Fsp3) is 0.235. The van der Waals surface area contributed by atoms with E-state index in [1.54, 1.807) is 38.2 Å². The highest BCUT2D eigenvalue weighted by Gasteiger charge is 2.04. The molecule has 0 heterocycles. The Labute approximate surface area is 152 Å². The molecular formula is C17H20F2IN3. The first kappa shape index (κ1) is 19.3. The second-order valence-corrected chi connectivity index (χ2v) is 4.95. The van der Waals surface area contributed by atoms with Gasteiger partial charge in [-0.1, -0.05) is 30.3 Å². The summed E-state index contributed by atoms with van der Waals surface area (Å²) >= 11 is 0. The van der Waals surface area contributed by atoms with Gasteiger partial charge < -0.3 is 10.6 Å². The van der Waals surface area contributed by atoms with Gasteiger partial charge in [-0.2, -0.15) is 0 Å². The number of halogens is 3. The second-order valence-electron chi connectivity index (χ2n) is 4.95. The summed E-state index contributed by atoms with van der Waals surface area (Å²) in [5.41, 5.74) is 1.99. The zero-order valence-corrected chi connectivity index (χ0v) is 15.4. The van der Waals surface area contributed by atoms with Crippen molar-refractivity contribution in [3.05, 3.63) is 70.8 Å². The summed E-state index contributed by atoms with van der Waals surface area (Å²) in [6.07, 6.45) is 0. The second kappa shape index (κ2) is 9.44. The predicted molar refractivity (Wildman–Crippen MR) is 100.0 cm³/mol. The fourth-order valence-corrected chi connectivity index (χ4v) is 1.97. The van der Waals surface area contributed by atoms with Gasteiger partial charge in [0.2, 0.25) is 0 Å². The van der Waals surface area contributed by atoms with Gasteiger partial charge in [0, 0.05) is 25.7 Å². The molecule has 2 aromatic carbocycles. The van der Waals surface area contributed by atoms with Gasteiger partial charge in [-0.3, -0.25) is 4.99 Å². The van der Waals surface area contributed by atoms with E-state index in [-0.39, 0.29) is 35.6 Å². The van der Waals surface area contributed by atoms with Crippen LogP contribution in [0.15, 0.2) is 47.5 Å². The Morgan fingerprint density at radius 1 is 1.00 bits per heavy atom. The summed E-state index contributed by atoms with van der Waals surface area (Å²) in [5.74, 6) is 0.0453. The maximum absolute atomic E-state index is 13.5. The van der Waals surface area contributed by atoms with Crippen LogP contribution in [0.5, 0.6) is 0 Å². The van der Waals surface area contributed by atoms with E-state index in [0.717, 1.165) is 5.56 Å². The minimum atomic E-state index is -0.258. The zero-order chi connectivity index (χ0) is 15.9. The summed E-state index contributed by atoms with van der Waals surface area (Å²) < 4.78 is 27.0. The van der Waals surface area contributed by atoms with Crippen LogP contribution in [0.25, 0.3) is 0 Å². The predicted octanol–water partition coefficient (Wildman–Crippen LogP) is 3.76. The number of nitrogens with one attached hydrogen (secondary N) is 2. The Bertz CT molecular complexity index is 675. The van der Waals surface area contributed by atoms with Crippen molar-refractivity contribution in [2.24, 2.45) is 4.99 Å². The Morgan fingerprint density at radius 3 is 2.35 bits per heavy atom. The van der Waals surface area contributed by atoms with Crippen molar-refractivity contribution in [3.63, 3.8) is 0 Å². The molecular weight excluding hydrogens is 411 g/mol.